The molecule has 0 bridgehead atoms. The quantitative estimate of drug-likeness (QED) is 0.597. The third-order valence-corrected chi connectivity index (χ3v) is 2.55. The zero-order valence-corrected chi connectivity index (χ0v) is 9.35. The number of nitrogens with zero attached hydrogens (tertiary/aromatic N) is 1. The maximum atomic E-state index is 11.7. The van der Waals surface area contributed by atoms with Crippen LogP contribution in [0.1, 0.15) is 5.56 Å². The van der Waals surface area contributed by atoms with Gasteiger partial charge in [-0.3, -0.25) is 4.79 Å². The van der Waals surface area contributed by atoms with Gasteiger partial charge >= 0.3 is 5.97 Å². The molecule has 1 amide bonds. The fourth-order valence-electron chi connectivity index (χ4n) is 1.73. The number of anilines is 1. The number of hydrogen-bond donors (Lipinski definition) is 2. The van der Waals surface area contributed by atoms with E-state index < -0.39 is 17.4 Å². The molecule has 2 N–H and O–H groups in total. The van der Waals surface area contributed by atoms with Gasteiger partial charge < -0.3 is 15.2 Å². The van der Waals surface area contributed by atoms with Crippen molar-refractivity contribution in [3.05, 3.63) is 29.3 Å². The molecular weight excluding hydrogens is 236 g/mol. The first-order valence-electron chi connectivity index (χ1n) is 4.96. The maximum absolute atomic E-state index is 11.7. The Morgan fingerprint density at radius 1 is 1.50 bits per heavy atom. The summed E-state index contributed by atoms with van der Waals surface area (Å²) in [6.07, 6.45) is 0. The lowest BCUT2D eigenvalue weighted by Crippen LogP contribution is -2.09. The van der Waals surface area contributed by atoms with E-state index in [4.69, 9.17) is 15.1 Å². The van der Waals surface area contributed by atoms with Crippen molar-refractivity contribution in [3.63, 3.8) is 0 Å². The molecule has 0 radical (unpaired) electrons. The second-order valence-electron chi connectivity index (χ2n) is 3.53. The smallest absolute Gasteiger partial charge is 0.347 e. The molecule has 0 saturated heterocycles. The number of methoxy groups -OCH3 is 1. The highest BCUT2D eigenvalue weighted by atomic mass is 16.5. The third-order valence-electron chi connectivity index (χ3n) is 2.55. The summed E-state index contributed by atoms with van der Waals surface area (Å²) in [5.74, 6) is -1.55. The molecule has 0 atom stereocenters. The zero-order valence-electron chi connectivity index (χ0n) is 9.35. The number of hydrogen-bond acceptors (Lipinski definition) is 4. The lowest BCUT2D eigenvalue weighted by Gasteiger charge is -2.03. The van der Waals surface area contributed by atoms with Crippen LogP contribution in [0.15, 0.2) is 23.8 Å². The number of carbonyl (C=O) groups excluding carboxylic acids is 1. The number of ether oxygens (including phenoxy) is 1. The van der Waals surface area contributed by atoms with Gasteiger partial charge in [0.05, 0.1) is 12.7 Å². The van der Waals surface area contributed by atoms with E-state index >= 15 is 0 Å². The van der Waals surface area contributed by atoms with E-state index in [0.29, 0.717) is 17.0 Å². The number of carboxylic acid groups (broad SMARTS) is 1. The summed E-state index contributed by atoms with van der Waals surface area (Å²) in [6.45, 7) is 0. The SMILES string of the molecule is COc1ccc2c(c1)C(=C(C#N)C(=O)O)C(=O)N2. The molecule has 90 valence electrons. The minimum atomic E-state index is -1.43. The second-order valence-corrected chi connectivity index (χ2v) is 3.53. The maximum Gasteiger partial charge on any atom is 0.347 e. The highest BCUT2D eigenvalue weighted by molar-refractivity contribution is 6.35. The molecule has 0 fully saturated rings. The first-order chi connectivity index (χ1) is 8.58. The number of nitrogens with one attached hydrogen (secondary N) is 1. The van der Waals surface area contributed by atoms with E-state index in [1.54, 1.807) is 12.1 Å². The molecule has 1 aliphatic heterocycles. The minimum absolute atomic E-state index is 0.140. The Kier molecular flexibility index (Phi) is 2.73. The van der Waals surface area contributed by atoms with E-state index in [-0.39, 0.29) is 5.57 Å². The number of carbonyl (C=O) groups is 2. The molecule has 2 rings (SSSR count). The number of rotatable bonds is 2. The van der Waals surface area contributed by atoms with Crippen LogP contribution in [0.5, 0.6) is 5.75 Å². The van der Waals surface area contributed by atoms with Crippen LogP contribution in [0.3, 0.4) is 0 Å². The molecule has 0 unspecified atom stereocenters. The van der Waals surface area contributed by atoms with Crippen LogP contribution in [-0.4, -0.2) is 24.1 Å². The molecule has 18 heavy (non-hydrogen) atoms. The van der Waals surface area contributed by atoms with Crippen molar-refractivity contribution in [2.24, 2.45) is 0 Å². The molecule has 0 aliphatic carbocycles. The van der Waals surface area contributed by atoms with Crippen LogP contribution < -0.4 is 10.1 Å². The summed E-state index contributed by atoms with van der Waals surface area (Å²) >= 11 is 0. The van der Waals surface area contributed by atoms with Crippen LogP contribution in [0.4, 0.5) is 5.69 Å². The standard InChI is InChI=1S/C12H8N2O4/c1-18-6-2-3-9-7(4-6)10(11(15)14-9)8(5-13)12(16)17/h2-4H,1H3,(H,14,15)(H,16,17). The lowest BCUT2D eigenvalue weighted by molar-refractivity contribution is -0.132. The molecule has 1 heterocycles. The Morgan fingerprint density at radius 3 is 2.78 bits per heavy atom. The fraction of sp³-hybridized carbons (Fsp3) is 0.0833. The number of benzene rings is 1. The van der Waals surface area contributed by atoms with Gasteiger partial charge in [-0.25, -0.2) is 4.79 Å². The van der Waals surface area contributed by atoms with Gasteiger partial charge in [-0.05, 0) is 18.2 Å². The van der Waals surface area contributed by atoms with E-state index in [1.165, 1.54) is 19.2 Å². The molecule has 0 saturated carbocycles. The predicted octanol–water partition coefficient (Wildman–Crippen LogP) is 1.01. The molecule has 6 heteroatoms. The first-order valence-corrected chi connectivity index (χ1v) is 4.96. The second kappa shape index (κ2) is 4.22. The van der Waals surface area contributed by atoms with E-state index in [0.717, 1.165) is 0 Å². The molecule has 1 aliphatic rings. The number of amides is 1. The lowest BCUT2D eigenvalue weighted by atomic mass is 10.0. The average Bonchev–Trinajstić information content (AvgIpc) is 2.66. The Labute approximate surface area is 102 Å². The topological polar surface area (TPSA) is 99.4 Å². The molecule has 0 spiro atoms. The van der Waals surface area contributed by atoms with Gasteiger partial charge in [0.25, 0.3) is 5.91 Å². The number of fused-ring (bicyclic) bond motifs is 1. The minimum Gasteiger partial charge on any atom is -0.497 e. The summed E-state index contributed by atoms with van der Waals surface area (Å²) < 4.78 is 5.00. The van der Waals surface area contributed by atoms with Crippen molar-refractivity contribution in [1.29, 1.82) is 5.26 Å². The number of aliphatic carboxylic acids is 1. The van der Waals surface area contributed by atoms with Gasteiger partial charge in [0, 0.05) is 11.3 Å². The Hall–Kier alpha value is -2.81. The monoisotopic (exact) mass is 244 g/mol. The summed E-state index contributed by atoms with van der Waals surface area (Å²) in [5.41, 5.74) is 0.0986. The van der Waals surface area contributed by atoms with E-state index in [1.807, 2.05) is 0 Å². The first kappa shape index (κ1) is 11.7. The highest BCUT2D eigenvalue weighted by Crippen LogP contribution is 2.36. The predicted molar refractivity (Wildman–Crippen MR) is 61.8 cm³/mol. The van der Waals surface area contributed by atoms with Crippen molar-refractivity contribution in [3.8, 4) is 11.8 Å². The summed E-state index contributed by atoms with van der Waals surface area (Å²) in [5, 5.41) is 20.2. The van der Waals surface area contributed by atoms with Crippen molar-refractivity contribution < 1.29 is 19.4 Å². The van der Waals surface area contributed by atoms with Crippen molar-refractivity contribution in [1.82, 2.24) is 0 Å². The van der Waals surface area contributed by atoms with Crippen molar-refractivity contribution in [2.75, 3.05) is 12.4 Å². The van der Waals surface area contributed by atoms with Gasteiger partial charge in [0.1, 0.15) is 11.8 Å². The normalized spacial score (nSPS) is 15.4. The molecule has 0 aromatic heterocycles. The number of nitriles is 1. The van der Waals surface area contributed by atoms with Crippen LogP contribution in [-0.2, 0) is 9.59 Å². The molecular formula is C12H8N2O4. The Bertz CT molecular complexity index is 625. The average molecular weight is 244 g/mol. The molecule has 1 aromatic carbocycles. The Morgan fingerprint density at radius 2 is 2.22 bits per heavy atom. The molecule has 1 aromatic rings. The van der Waals surface area contributed by atoms with Crippen LogP contribution in [0.25, 0.3) is 5.57 Å². The fourth-order valence-corrected chi connectivity index (χ4v) is 1.73. The van der Waals surface area contributed by atoms with Gasteiger partial charge in [0.15, 0.2) is 5.57 Å². The highest BCUT2D eigenvalue weighted by Gasteiger charge is 2.30. The zero-order chi connectivity index (χ0) is 13.3. The van der Waals surface area contributed by atoms with E-state index in [9.17, 15) is 9.59 Å². The summed E-state index contributed by atoms with van der Waals surface area (Å²) in [6, 6.07) is 6.27. The van der Waals surface area contributed by atoms with Gasteiger partial charge in [-0.1, -0.05) is 0 Å². The van der Waals surface area contributed by atoms with E-state index in [2.05, 4.69) is 5.32 Å². The Balaban J connectivity index is 2.71. The molecule has 6 nitrogen and oxygen atoms in total. The van der Waals surface area contributed by atoms with Crippen molar-refractivity contribution >= 4 is 23.1 Å². The summed E-state index contributed by atoms with van der Waals surface area (Å²) in [7, 11) is 1.46. The largest absolute Gasteiger partial charge is 0.497 e. The van der Waals surface area contributed by atoms with Crippen molar-refractivity contribution in [2.45, 2.75) is 0 Å². The number of carboxylic acids is 1. The van der Waals surface area contributed by atoms with Crippen LogP contribution in [0, 0.1) is 11.3 Å². The van der Waals surface area contributed by atoms with Gasteiger partial charge in [-0.15, -0.1) is 0 Å². The summed E-state index contributed by atoms with van der Waals surface area (Å²) in [4.78, 5) is 22.6. The van der Waals surface area contributed by atoms with Gasteiger partial charge in [0.2, 0.25) is 0 Å². The third kappa shape index (κ3) is 1.68. The van der Waals surface area contributed by atoms with Gasteiger partial charge in [-0.2, -0.15) is 5.26 Å². The van der Waals surface area contributed by atoms with Crippen LogP contribution in [0.2, 0.25) is 0 Å². The van der Waals surface area contributed by atoms with Crippen LogP contribution >= 0.6 is 0 Å².